The molecule has 0 saturated carbocycles. The highest BCUT2D eigenvalue weighted by Crippen LogP contribution is 2.21. The molecule has 1 saturated heterocycles. The van der Waals surface area contributed by atoms with Crippen molar-refractivity contribution in [1.29, 1.82) is 0 Å². The summed E-state index contributed by atoms with van der Waals surface area (Å²) in [7, 11) is 1.88. The molecule has 2 N–H and O–H groups in total. The van der Waals surface area contributed by atoms with E-state index in [4.69, 9.17) is 4.74 Å². The fraction of sp³-hybridized carbons (Fsp3) is 0.714. The lowest BCUT2D eigenvalue weighted by Gasteiger charge is -2.18. The Morgan fingerprint density at radius 1 is 1.45 bits per heavy atom. The summed E-state index contributed by atoms with van der Waals surface area (Å²) in [5.41, 5.74) is 2.63. The first-order valence-electron chi connectivity index (χ1n) is 7.16. The zero-order valence-corrected chi connectivity index (χ0v) is 12.7. The van der Waals surface area contributed by atoms with E-state index in [1.54, 1.807) is 4.68 Å². The summed E-state index contributed by atoms with van der Waals surface area (Å²) in [6, 6.07) is 0.104. The highest BCUT2D eigenvalue weighted by molar-refractivity contribution is 5.94. The van der Waals surface area contributed by atoms with Gasteiger partial charge in [0.25, 0.3) is 0 Å². The summed E-state index contributed by atoms with van der Waals surface area (Å²) in [4.78, 5) is 12.4. The third-order valence-electron chi connectivity index (χ3n) is 3.83. The molecular formula is C14H24N4O2. The first-order valence-corrected chi connectivity index (χ1v) is 7.16. The van der Waals surface area contributed by atoms with E-state index in [2.05, 4.69) is 22.7 Å². The molecule has 1 aliphatic rings. The van der Waals surface area contributed by atoms with Crippen LogP contribution < -0.4 is 10.6 Å². The zero-order chi connectivity index (χ0) is 14.7. The molecule has 0 aromatic carbocycles. The molecule has 6 heteroatoms. The average Bonchev–Trinajstić information content (AvgIpc) is 2.97. The van der Waals surface area contributed by atoms with Crippen molar-refractivity contribution in [3.63, 3.8) is 0 Å². The number of nitrogens with zero attached hydrogens (tertiary/aromatic N) is 2. The Morgan fingerprint density at radius 2 is 2.20 bits per heavy atom. The molecule has 2 atom stereocenters. The van der Waals surface area contributed by atoms with E-state index in [-0.39, 0.29) is 17.9 Å². The molecule has 2 rings (SSSR count). The fourth-order valence-corrected chi connectivity index (χ4v) is 2.51. The smallest absolute Gasteiger partial charge is 0.231 e. The van der Waals surface area contributed by atoms with Crippen LogP contribution in [0.5, 0.6) is 0 Å². The van der Waals surface area contributed by atoms with Gasteiger partial charge in [-0.1, -0.05) is 6.92 Å². The van der Waals surface area contributed by atoms with E-state index >= 15 is 0 Å². The third kappa shape index (κ3) is 3.02. The molecule has 1 aromatic heterocycles. The van der Waals surface area contributed by atoms with Gasteiger partial charge >= 0.3 is 0 Å². The topological polar surface area (TPSA) is 68.2 Å². The van der Waals surface area contributed by atoms with Gasteiger partial charge in [-0.3, -0.25) is 9.48 Å². The number of carbonyl (C=O) groups excluding carboxylic acids is 1. The Morgan fingerprint density at radius 3 is 2.80 bits per heavy atom. The van der Waals surface area contributed by atoms with Crippen molar-refractivity contribution in [1.82, 2.24) is 15.1 Å². The molecule has 20 heavy (non-hydrogen) atoms. The number of hydrogen-bond acceptors (Lipinski definition) is 4. The number of anilines is 1. The molecule has 6 nitrogen and oxygen atoms in total. The van der Waals surface area contributed by atoms with Gasteiger partial charge in [-0.25, -0.2) is 0 Å². The first-order chi connectivity index (χ1) is 9.54. The predicted molar refractivity (Wildman–Crippen MR) is 77.7 cm³/mol. The van der Waals surface area contributed by atoms with Gasteiger partial charge in [0.15, 0.2) is 0 Å². The van der Waals surface area contributed by atoms with E-state index < -0.39 is 0 Å². The number of ether oxygens (including phenoxy) is 1. The molecule has 1 fully saturated rings. The minimum Gasteiger partial charge on any atom is -0.379 e. The van der Waals surface area contributed by atoms with Crippen molar-refractivity contribution in [2.45, 2.75) is 33.2 Å². The van der Waals surface area contributed by atoms with Gasteiger partial charge in [0.1, 0.15) is 0 Å². The highest BCUT2D eigenvalue weighted by atomic mass is 16.5. The maximum atomic E-state index is 12.4. The van der Waals surface area contributed by atoms with Gasteiger partial charge in [0, 0.05) is 13.1 Å². The molecule has 2 heterocycles. The highest BCUT2D eigenvalue weighted by Gasteiger charge is 2.34. The molecule has 0 bridgehead atoms. The Labute approximate surface area is 119 Å². The zero-order valence-electron chi connectivity index (χ0n) is 12.7. The molecule has 1 amide bonds. The molecular weight excluding hydrogens is 256 g/mol. The number of aromatic nitrogens is 2. The lowest BCUT2D eigenvalue weighted by molar-refractivity contribution is -0.120. The van der Waals surface area contributed by atoms with Crippen LogP contribution >= 0.6 is 0 Å². The van der Waals surface area contributed by atoms with E-state index in [1.165, 1.54) is 0 Å². The molecule has 1 aliphatic heterocycles. The normalized spacial score (nSPS) is 22.2. The molecule has 112 valence electrons. The summed E-state index contributed by atoms with van der Waals surface area (Å²) < 4.78 is 7.23. The standard InChI is InChI=1S/C14H24N4O2/c1-5-6-15-12-8-20-7-11(12)14(19)16-13-9(2)17-18(4)10(13)3/h11-12,15H,5-8H2,1-4H3,(H,16,19). The first kappa shape index (κ1) is 15.0. The summed E-state index contributed by atoms with van der Waals surface area (Å²) >= 11 is 0. The Bertz CT molecular complexity index is 484. The van der Waals surface area contributed by atoms with Gasteiger partial charge in [0.2, 0.25) is 5.91 Å². The summed E-state index contributed by atoms with van der Waals surface area (Å²) in [6.07, 6.45) is 1.05. The summed E-state index contributed by atoms with van der Waals surface area (Å²) in [5.74, 6) is -0.129. The van der Waals surface area contributed by atoms with Crippen LogP contribution in [0.15, 0.2) is 0 Å². The van der Waals surface area contributed by atoms with Crippen molar-refractivity contribution in [3.8, 4) is 0 Å². The number of rotatable bonds is 5. The molecule has 2 unspecified atom stereocenters. The molecule has 0 radical (unpaired) electrons. The number of nitrogens with one attached hydrogen (secondary N) is 2. The van der Waals surface area contributed by atoms with Crippen LogP contribution in [0.1, 0.15) is 24.7 Å². The van der Waals surface area contributed by atoms with Gasteiger partial charge in [-0.2, -0.15) is 5.10 Å². The SMILES string of the molecule is CCCNC1COCC1C(=O)Nc1c(C)nn(C)c1C. The molecule has 1 aromatic rings. The van der Waals surface area contributed by atoms with Gasteiger partial charge in [-0.05, 0) is 26.8 Å². The third-order valence-corrected chi connectivity index (χ3v) is 3.83. The van der Waals surface area contributed by atoms with Crippen LogP contribution in [0.25, 0.3) is 0 Å². The van der Waals surface area contributed by atoms with Crippen molar-refractivity contribution < 1.29 is 9.53 Å². The van der Waals surface area contributed by atoms with E-state index in [1.807, 2.05) is 20.9 Å². The fourth-order valence-electron chi connectivity index (χ4n) is 2.51. The lowest BCUT2D eigenvalue weighted by Crippen LogP contribution is -2.41. The van der Waals surface area contributed by atoms with Crippen LogP contribution in [-0.4, -0.2) is 41.5 Å². The number of hydrogen-bond donors (Lipinski definition) is 2. The minimum absolute atomic E-state index is 0.00954. The van der Waals surface area contributed by atoms with Crippen LogP contribution in [0.2, 0.25) is 0 Å². The van der Waals surface area contributed by atoms with Gasteiger partial charge in [-0.15, -0.1) is 0 Å². The number of aryl methyl sites for hydroxylation is 2. The van der Waals surface area contributed by atoms with Crippen molar-refractivity contribution in [2.24, 2.45) is 13.0 Å². The van der Waals surface area contributed by atoms with Crippen molar-refractivity contribution in [3.05, 3.63) is 11.4 Å². The lowest BCUT2D eigenvalue weighted by atomic mass is 10.0. The van der Waals surface area contributed by atoms with Crippen LogP contribution in [-0.2, 0) is 16.6 Å². The van der Waals surface area contributed by atoms with Gasteiger partial charge in [0.05, 0.1) is 36.2 Å². The maximum Gasteiger partial charge on any atom is 0.231 e. The summed E-state index contributed by atoms with van der Waals surface area (Å²) in [5, 5.41) is 10.7. The Kier molecular flexibility index (Phi) is 4.77. The number of amides is 1. The monoisotopic (exact) mass is 280 g/mol. The molecule has 0 spiro atoms. The quantitative estimate of drug-likeness (QED) is 0.844. The maximum absolute atomic E-state index is 12.4. The van der Waals surface area contributed by atoms with Crippen LogP contribution in [0, 0.1) is 19.8 Å². The van der Waals surface area contributed by atoms with Gasteiger partial charge < -0.3 is 15.4 Å². The summed E-state index contributed by atoms with van der Waals surface area (Å²) in [6.45, 7) is 7.95. The molecule has 0 aliphatic carbocycles. The van der Waals surface area contributed by atoms with Crippen molar-refractivity contribution in [2.75, 3.05) is 25.1 Å². The van der Waals surface area contributed by atoms with E-state index in [9.17, 15) is 4.79 Å². The largest absolute Gasteiger partial charge is 0.379 e. The minimum atomic E-state index is -0.138. The predicted octanol–water partition coefficient (Wildman–Crippen LogP) is 0.990. The van der Waals surface area contributed by atoms with Crippen LogP contribution in [0.3, 0.4) is 0 Å². The van der Waals surface area contributed by atoms with Crippen molar-refractivity contribution >= 4 is 11.6 Å². The van der Waals surface area contributed by atoms with E-state index in [0.717, 1.165) is 30.0 Å². The second kappa shape index (κ2) is 6.37. The van der Waals surface area contributed by atoms with E-state index in [0.29, 0.717) is 13.2 Å². The average molecular weight is 280 g/mol. The second-order valence-corrected chi connectivity index (χ2v) is 5.36. The Balaban J connectivity index is 2.04. The Hall–Kier alpha value is -1.40. The second-order valence-electron chi connectivity index (χ2n) is 5.36. The number of carbonyl (C=O) groups is 1. The van der Waals surface area contributed by atoms with Crippen LogP contribution in [0.4, 0.5) is 5.69 Å².